The Morgan fingerprint density at radius 1 is 1.16 bits per heavy atom. The molecule has 1 N–H and O–H groups in total. The summed E-state index contributed by atoms with van der Waals surface area (Å²) in [6.45, 7) is -0.249. The average molecular weight is 427 g/mol. The number of rotatable bonds is 4. The molecule has 1 aromatic rings. The van der Waals surface area contributed by atoms with Crippen molar-refractivity contribution in [2.75, 3.05) is 11.9 Å². The van der Waals surface area contributed by atoms with Gasteiger partial charge in [0.15, 0.2) is 6.61 Å². The molecule has 1 amide bonds. The number of amides is 1. The topological polar surface area (TPSA) is 55.4 Å². The third kappa shape index (κ3) is 3.45. The maximum Gasteiger partial charge on any atom is 0.312 e. The first-order valence-electron chi connectivity index (χ1n) is 8.77. The molecule has 6 heteroatoms. The molecule has 134 valence electrons. The van der Waals surface area contributed by atoms with Crippen molar-refractivity contribution in [3.63, 3.8) is 0 Å². The van der Waals surface area contributed by atoms with Crippen LogP contribution in [0.5, 0.6) is 0 Å². The van der Waals surface area contributed by atoms with E-state index in [0.717, 1.165) is 30.2 Å². The molecule has 4 aliphatic rings. The molecular formula is C19H21BrClNO3. The Morgan fingerprint density at radius 2 is 1.80 bits per heavy atom. The Balaban J connectivity index is 1.36. The Morgan fingerprint density at radius 3 is 2.40 bits per heavy atom. The van der Waals surface area contributed by atoms with E-state index >= 15 is 0 Å². The highest BCUT2D eigenvalue weighted by atomic mass is 79.9. The van der Waals surface area contributed by atoms with Crippen molar-refractivity contribution in [1.82, 2.24) is 0 Å². The van der Waals surface area contributed by atoms with Gasteiger partial charge in [-0.1, -0.05) is 15.9 Å². The van der Waals surface area contributed by atoms with Crippen molar-refractivity contribution in [3.05, 3.63) is 28.7 Å². The van der Waals surface area contributed by atoms with Gasteiger partial charge in [0.05, 0.1) is 5.41 Å². The summed E-state index contributed by atoms with van der Waals surface area (Å²) in [5, 5.41) is 2.74. The van der Waals surface area contributed by atoms with Crippen LogP contribution in [-0.4, -0.2) is 23.4 Å². The third-order valence-corrected chi connectivity index (χ3v) is 6.86. The summed E-state index contributed by atoms with van der Waals surface area (Å²) < 4.78 is 6.35. The Labute approximate surface area is 160 Å². The van der Waals surface area contributed by atoms with Gasteiger partial charge in [-0.15, -0.1) is 11.6 Å². The van der Waals surface area contributed by atoms with Gasteiger partial charge in [0, 0.05) is 15.0 Å². The van der Waals surface area contributed by atoms with E-state index < -0.39 is 5.41 Å². The van der Waals surface area contributed by atoms with Gasteiger partial charge >= 0.3 is 5.97 Å². The fourth-order valence-electron chi connectivity index (χ4n) is 5.40. The maximum atomic E-state index is 12.8. The lowest BCUT2D eigenvalue weighted by atomic mass is 9.49. The number of ether oxygens (including phenoxy) is 1. The molecule has 0 saturated heterocycles. The summed E-state index contributed by atoms with van der Waals surface area (Å²) in [7, 11) is 0. The van der Waals surface area contributed by atoms with Crippen LogP contribution in [0.25, 0.3) is 0 Å². The Hall–Kier alpha value is -1.07. The second-order valence-electron chi connectivity index (χ2n) is 8.02. The lowest BCUT2D eigenvalue weighted by Crippen LogP contribution is -2.56. The van der Waals surface area contributed by atoms with Crippen molar-refractivity contribution >= 4 is 45.1 Å². The highest BCUT2D eigenvalue weighted by Crippen LogP contribution is 2.64. The van der Waals surface area contributed by atoms with Crippen LogP contribution in [-0.2, 0) is 14.3 Å². The standard InChI is InChI=1S/C19H21BrClNO3/c20-14-1-3-15(4-2-14)22-16(23)10-25-17(24)18-6-12-5-13(7-18)9-19(21,8-12)11-18/h1-4,12-13H,5-11H2,(H,22,23). The predicted molar refractivity (Wildman–Crippen MR) is 99.4 cm³/mol. The molecule has 4 fully saturated rings. The van der Waals surface area contributed by atoms with Crippen molar-refractivity contribution in [3.8, 4) is 0 Å². The van der Waals surface area contributed by atoms with Crippen molar-refractivity contribution in [2.24, 2.45) is 17.3 Å². The van der Waals surface area contributed by atoms with E-state index in [1.54, 1.807) is 12.1 Å². The molecule has 2 atom stereocenters. The summed E-state index contributed by atoms with van der Waals surface area (Å²) in [5.41, 5.74) is 0.211. The molecule has 0 aliphatic heterocycles. The molecule has 0 radical (unpaired) electrons. The molecule has 0 aromatic heterocycles. The van der Waals surface area contributed by atoms with Gasteiger partial charge in [-0.05, 0) is 74.6 Å². The zero-order chi connectivity index (χ0) is 17.7. The highest BCUT2D eigenvalue weighted by Gasteiger charge is 2.60. The van der Waals surface area contributed by atoms with Crippen LogP contribution >= 0.6 is 27.5 Å². The number of benzene rings is 1. The zero-order valence-corrected chi connectivity index (χ0v) is 16.2. The minimum absolute atomic E-state index is 0.233. The largest absolute Gasteiger partial charge is 0.455 e. The molecule has 4 bridgehead atoms. The van der Waals surface area contributed by atoms with Gasteiger partial charge in [0.25, 0.3) is 5.91 Å². The molecule has 4 nitrogen and oxygen atoms in total. The van der Waals surface area contributed by atoms with Crippen LogP contribution in [0.4, 0.5) is 5.69 Å². The van der Waals surface area contributed by atoms with Crippen LogP contribution in [0, 0.1) is 17.3 Å². The lowest BCUT2D eigenvalue weighted by molar-refractivity contribution is -0.171. The molecular weight excluding hydrogens is 406 g/mol. The van der Waals surface area contributed by atoms with E-state index in [0.29, 0.717) is 23.9 Å². The first-order valence-corrected chi connectivity index (χ1v) is 9.95. The lowest BCUT2D eigenvalue weighted by Gasteiger charge is -2.58. The van der Waals surface area contributed by atoms with E-state index in [2.05, 4.69) is 21.2 Å². The van der Waals surface area contributed by atoms with Crippen LogP contribution in [0.3, 0.4) is 0 Å². The second-order valence-corrected chi connectivity index (χ2v) is 9.74. The quantitative estimate of drug-likeness (QED) is 0.569. The third-order valence-electron chi connectivity index (χ3n) is 5.89. The van der Waals surface area contributed by atoms with Crippen LogP contribution < -0.4 is 5.32 Å². The van der Waals surface area contributed by atoms with E-state index in [9.17, 15) is 9.59 Å². The smallest absolute Gasteiger partial charge is 0.312 e. The SMILES string of the molecule is O=C(COC(=O)C12CC3CC(CC(Cl)(C3)C1)C2)Nc1ccc(Br)cc1. The van der Waals surface area contributed by atoms with E-state index in [1.807, 2.05) is 12.1 Å². The Kier molecular flexibility index (Phi) is 4.35. The fraction of sp³-hybridized carbons (Fsp3) is 0.579. The van der Waals surface area contributed by atoms with Gasteiger partial charge in [-0.3, -0.25) is 9.59 Å². The number of anilines is 1. The van der Waals surface area contributed by atoms with E-state index in [4.69, 9.17) is 16.3 Å². The minimum atomic E-state index is -0.469. The number of esters is 1. The first-order chi connectivity index (χ1) is 11.9. The summed E-state index contributed by atoms with van der Waals surface area (Å²) >= 11 is 10.1. The average Bonchev–Trinajstić information content (AvgIpc) is 2.52. The number of nitrogens with one attached hydrogen (secondary N) is 1. The summed E-state index contributed by atoms with van der Waals surface area (Å²) in [6, 6.07) is 7.27. The van der Waals surface area contributed by atoms with Gasteiger partial charge in [-0.2, -0.15) is 0 Å². The predicted octanol–water partition coefficient (Wildman–Crippen LogP) is 4.51. The van der Waals surface area contributed by atoms with Crippen molar-refractivity contribution in [2.45, 2.75) is 43.4 Å². The summed E-state index contributed by atoms with van der Waals surface area (Å²) in [5.74, 6) is 0.504. The highest BCUT2D eigenvalue weighted by molar-refractivity contribution is 9.10. The number of carbonyl (C=O) groups excluding carboxylic acids is 2. The number of alkyl halides is 1. The molecule has 1 aromatic carbocycles. The summed E-state index contributed by atoms with van der Waals surface area (Å²) in [6.07, 6.45) is 5.65. The van der Waals surface area contributed by atoms with Gasteiger partial charge < -0.3 is 10.1 Å². The van der Waals surface area contributed by atoms with Crippen LogP contribution in [0.15, 0.2) is 28.7 Å². The number of hydrogen-bond acceptors (Lipinski definition) is 3. The van der Waals surface area contributed by atoms with Crippen molar-refractivity contribution in [1.29, 1.82) is 0 Å². The molecule has 5 rings (SSSR count). The normalized spacial score (nSPS) is 35.4. The summed E-state index contributed by atoms with van der Waals surface area (Å²) in [4.78, 5) is 24.6. The fourth-order valence-corrected chi connectivity index (χ4v) is 6.36. The maximum absolute atomic E-state index is 12.8. The monoisotopic (exact) mass is 425 g/mol. The van der Waals surface area contributed by atoms with Crippen LogP contribution in [0.1, 0.15) is 38.5 Å². The molecule has 0 heterocycles. The zero-order valence-electron chi connectivity index (χ0n) is 13.9. The van der Waals surface area contributed by atoms with Crippen molar-refractivity contribution < 1.29 is 14.3 Å². The van der Waals surface area contributed by atoms with Gasteiger partial charge in [-0.25, -0.2) is 0 Å². The molecule has 0 spiro atoms. The minimum Gasteiger partial charge on any atom is -0.455 e. The molecule has 4 aliphatic carbocycles. The van der Waals surface area contributed by atoms with Crippen LogP contribution in [0.2, 0.25) is 0 Å². The second kappa shape index (κ2) is 6.27. The number of halogens is 2. The number of carbonyl (C=O) groups is 2. The molecule has 2 unspecified atom stereocenters. The van der Waals surface area contributed by atoms with E-state index in [-0.39, 0.29) is 23.4 Å². The number of hydrogen-bond donors (Lipinski definition) is 1. The van der Waals surface area contributed by atoms with Gasteiger partial charge in [0.1, 0.15) is 0 Å². The molecule has 25 heavy (non-hydrogen) atoms. The van der Waals surface area contributed by atoms with Gasteiger partial charge in [0.2, 0.25) is 0 Å². The molecule has 4 saturated carbocycles. The first kappa shape index (κ1) is 17.3. The Bertz CT molecular complexity index is 691. The van der Waals surface area contributed by atoms with E-state index in [1.165, 1.54) is 6.42 Å².